The summed E-state index contributed by atoms with van der Waals surface area (Å²) in [4.78, 5) is 5.52. The zero-order valence-electron chi connectivity index (χ0n) is 12.6. The van der Waals surface area contributed by atoms with Crippen molar-refractivity contribution in [3.05, 3.63) is 30.3 Å². The average Bonchev–Trinajstić information content (AvgIpc) is 2.47. The van der Waals surface area contributed by atoms with Crippen molar-refractivity contribution in [3.63, 3.8) is 0 Å². The van der Waals surface area contributed by atoms with Gasteiger partial charge in [-0.1, -0.05) is 18.2 Å². The van der Waals surface area contributed by atoms with Crippen molar-refractivity contribution in [2.45, 2.75) is 24.3 Å². The van der Waals surface area contributed by atoms with E-state index in [9.17, 15) is 0 Å². The van der Waals surface area contributed by atoms with Crippen LogP contribution in [0.25, 0.3) is 0 Å². The van der Waals surface area contributed by atoms with E-state index in [2.05, 4.69) is 46.8 Å². The lowest BCUT2D eigenvalue weighted by Crippen LogP contribution is -2.44. The lowest BCUT2D eigenvalue weighted by molar-refractivity contribution is 0.179. The van der Waals surface area contributed by atoms with Gasteiger partial charge in [0.1, 0.15) is 0 Å². The molecule has 1 aromatic rings. The molecule has 0 saturated heterocycles. The van der Waals surface area contributed by atoms with Crippen LogP contribution in [-0.2, 0) is 4.74 Å². The van der Waals surface area contributed by atoms with E-state index in [0.717, 1.165) is 24.7 Å². The molecule has 0 amide bonds. The Morgan fingerprint density at radius 1 is 1.35 bits per heavy atom. The molecule has 1 rings (SSSR count). The molecule has 0 spiro atoms. The number of thioether (sulfide) groups is 1. The molecule has 5 heteroatoms. The first-order valence-electron chi connectivity index (χ1n) is 6.90. The van der Waals surface area contributed by atoms with Gasteiger partial charge in [0.15, 0.2) is 5.96 Å². The largest absolute Gasteiger partial charge is 0.383 e. The fraction of sp³-hybridized carbons (Fsp3) is 0.533. The minimum Gasteiger partial charge on any atom is -0.383 e. The molecule has 2 N–H and O–H groups in total. The maximum atomic E-state index is 5.09. The van der Waals surface area contributed by atoms with Gasteiger partial charge in [-0.3, -0.25) is 4.99 Å². The van der Waals surface area contributed by atoms with E-state index < -0.39 is 0 Å². The predicted octanol–water partition coefficient (Wildman–Crippen LogP) is 2.37. The van der Waals surface area contributed by atoms with Crippen molar-refractivity contribution in [1.29, 1.82) is 0 Å². The van der Waals surface area contributed by atoms with Crippen molar-refractivity contribution in [3.8, 4) is 0 Å². The van der Waals surface area contributed by atoms with Crippen LogP contribution in [0.4, 0.5) is 0 Å². The van der Waals surface area contributed by atoms with Crippen molar-refractivity contribution in [2.24, 2.45) is 4.99 Å². The van der Waals surface area contributed by atoms with E-state index in [1.807, 2.05) is 17.8 Å². The lowest BCUT2D eigenvalue weighted by Gasteiger charge is -2.17. The smallest absolute Gasteiger partial charge is 0.191 e. The highest BCUT2D eigenvalue weighted by molar-refractivity contribution is 7.99. The van der Waals surface area contributed by atoms with Crippen LogP contribution in [0.2, 0.25) is 0 Å². The first-order valence-corrected chi connectivity index (χ1v) is 7.88. The van der Waals surface area contributed by atoms with Crippen molar-refractivity contribution in [2.75, 3.05) is 33.1 Å². The van der Waals surface area contributed by atoms with E-state index in [0.29, 0.717) is 6.61 Å². The van der Waals surface area contributed by atoms with Crippen LogP contribution in [0.1, 0.15) is 13.3 Å². The predicted molar refractivity (Wildman–Crippen MR) is 87.6 cm³/mol. The summed E-state index contributed by atoms with van der Waals surface area (Å²) in [6.07, 6.45) is 1.10. The van der Waals surface area contributed by atoms with Crippen molar-refractivity contribution >= 4 is 17.7 Å². The normalized spacial score (nSPS) is 13.1. The van der Waals surface area contributed by atoms with E-state index >= 15 is 0 Å². The number of nitrogens with one attached hydrogen (secondary N) is 2. The van der Waals surface area contributed by atoms with Crippen LogP contribution < -0.4 is 10.6 Å². The molecule has 0 bridgehead atoms. The van der Waals surface area contributed by atoms with Crippen LogP contribution in [-0.4, -0.2) is 45.1 Å². The Labute approximate surface area is 126 Å². The molecule has 0 aromatic heterocycles. The highest BCUT2D eigenvalue weighted by atomic mass is 32.2. The molecule has 1 atom stereocenters. The molecule has 0 fully saturated rings. The molecular weight excluding hydrogens is 270 g/mol. The number of nitrogens with zero attached hydrogens (tertiary/aromatic N) is 1. The Kier molecular flexibility index (Phi) is 8.91. The van der Waals surface area contributed by atoms with Gasteiger partial charge in [-0.2, -0.15) is 0 Å². The second-order valence-electron chi connectivity index (χ2n) is 4.51. The molecular formula is C15H25N3OS. The second-order valence-corrected chi connectivity index (χ2v) is 5.68. The Balaban J connectivity index is 2.13. The minimum atomic E-state index is 0.255. The van der Waals surface area contributed by atoms with Gasteiger partial charge in [0, 0.05) is 31.6 Å². The number of aliphatic imine (C=N–C) groups is 1. The number of guanidine groups is 1. The number of rotatable bonds is 8. The van der Waals surface area contributed by atoms with E-state index in [1.165, 1.54) is 4.90 Å². The summed E-state index contributed by atoms with van der Waals surface area (Å²) in [5.41, 5.74) is 0. The zero-order valence-corrected chi connectivity index (χ0v) is 13.4. The Morgan fingerprint density at radius 2 is 2.10 bits per heavy atom. The van der Waals surface area contributed by atoms with Gasteiger partial charge in [-0.15, -0.1) is 11.8 Å². The van der Waals surface area contributed by atoms with Gasteiger partial charge in [0.25, 0.3) is 0 Å². The van der Waals surface area contributed by atoms with Crippen molar-refractivity contribution in [1.82, 2.24) is 10.6 Å². The van der Waals surface area contributed by atoms with Gasteiger partial charge < -0.3 is 15.4 Å². The minimum absolute atomic E-state index is 0.255. The molecule has 1 unspecified atom stereocenters. The summed E-state index contributed by atoms with van der Waals surface area (Å²) < 4.78 is 5.09. The molecule has 1 aromatic carbocycles. The van der Waals surface area contributed by atoms with Gasteiger partial charge in [0.2, 0.25) is 0 Å². The fourth-order valence-electron chi connectivity index (χ4n) is 1.71. The van der Waals surface area contributed by atoms with Gasteiger partial charge in [-0.05, 0) is 31.2 Å². The molecule has 0 aliphatic rings. The van der Waals surface area contributed by atoms with E-state index in [4.69, 9.17) is 4.74 Å². The third-order valence-corrected chi connectivity index (χ3v) is 3.75. The summed E-state index contributed by atoms with van der Waals surface area (Å²) in [6.45, 7) is 3.66. The molecule has 112 valence electrons. The Hall–Kier alpha value is -1.20. The summed E-state index contributed by atoms with van der Waals surface area (Å²) in [5.74, 6) is 1.93. The second kappa shape index (κ2) is 10.6. The molecule has 20 heavy (non-hydrogen) atoms. The summed E-state index contributed by atoms with van der Waals surface area (Å²) in [6, 6.07) is 10.7. The summed E-state index contributed by atoms with van der Waals surface area (Å²) >= 11 is 1.88. The van der Waals surface area contributed by atoms with Gasteiger partial charge in [-0.25, -0.2) is 0 Å². The highest BCUT2D eigenvalue weighted by Crippen LogP contribution is 2.17. The first-order chi connectivity index (χ1) is 9.76. The summed E-state index contributed by atoms with van der Waals surface area (Å²) in [5, 5.41) is 6.60. The van der Waals surface area contributed by atoms with Crippen LogP contribution in [0.15, 0.2) is 40.2 Å². The van der Waals surface area contributed by atoms with Gasteiger partial charge in [0.05, 0.1) is 6.61 Å². The number of hydrogen-bond donors (Lipinski definition) is 2. The van der Waals surface area contributed by atoms with Gasteiger partial charge >= 0.3 is 0 Å². The quantitative estimate of drug-likeness (QED) is 0.334. The Bertz CT molecular complexity index is 384. The standard InChI is InChI=1S/C15H25N3OS/c1-13(12-19-3)18-15(16-2)17-10-7-11-20-14-8-5-4-6-9-14/h4-6,8-9,13H,7,10-12H2,1-3H3,(H2,16,17,18). The van der Waals surface area contributed by atoms with Crippen LogP contribution >= 0.6 is 11.8 Å². The maximum Gasteiger partial charge on any atom is 0.191 e. The average molecular weight is 295 g/mol. The molecule has 0 aliphatic heterocycles. The molecule has 4 nitrogen and oxygen atoms in total. The first kappa shape index (κ1) is 16.9. The SMILES string of the molecule is CN=C(NCCCSc1ccccc1)NC(C)COC. The number of ether oxygens (including phenoxy) is 1. The highest BCUT2D eigenvalue weighted by Gasteiger charge is 2.03. The molecule has 0 saturated carbocycles. The van der Waals surface area contributed by atoms with Crippen molar-refractivity contribution < 1.29 is 4.74 Å². The lowest BCUT2D eigenvalue weighted by atomic mass is 10.4. The number of hydrogen-bond acceptors (Lipinski definition) is 3. The third kappa shape index (κ3) is 7.40. The van der Waals surface area contributed by atoms with E-state index in [-0.39, 0.29) is 6.04 Å². The van der Waals surface area contributed by atoms with Crippen LogP contribution in [0.5, 0.6) is 0 Å². The number of benzene rings is 1. The topological polar surface area (TPSA) is 45.7 Å². The zero-order chi connectivity index (χ0) is 14.6. The fourth-order valence-corrected chi connectivity index (χ4v) is 2.58. The molecule has 0 radical (unpaired) electrons. The van der Waals surface area contributed by atoms with E-state index in [1.54, 1.807) is 14.2 Å². The monoisotopic (exact) mass is 295 g/mol. The maximum absolute atomic E-state index is 5.09. The summed E-state index contributed by atoms with van der Waals surface area (Å²) in [7, 11) is 3.49. The van der Waals surface area contributed by atoms with Crippen LogP contribution in [0.3, 0.4) is 0 Å². The third-order valence-electron chi connectivity index (χ3n) is 2.65. The van der Waals surface area contributed by atoms with Crippen LogP contribution in [0, 0.1) is 0 Å². The molecule has 0 heterocycles. The molecule has 0 aliphatic carbocycles. The number of methoxy groups -OCH3 is 1. The Morgan fingerprint density at radius 3 is 2.75 bits per heavy atom.